The molecule has 1 aliphatic rings. The Morgan fingerprint density at radius 3 is 2.67 bits per heavy atom. The molecule has 0 saturated heterocycles. The fourth-order valence-corrected chi connectivity index (χ4v) is 2.30. The van der Waals surface area contributed by atoms with Crippen LogP contribution in [0.2, 0.25) is 0 Å². The van der Waals surface area contributed by atoms with Crippen LogP contribution in [0.15, 0.2) is 0 Å². The summed E-state index contributed by atoms with van der Waals surface area (Å²) in [5.41, 5.74) is 6.06. The Kier molecular flexibility index (Phi) is 6.65. The van der Waals surface area contributed by atoms with Gasteiger partial charge in [0.25, 0.3) is 0 Å². The Morgan fingerprint density at radius 2 is 2.06 bits per heavy atom. The Hall–Kier alpha value is -0.610. The number of carbonyl (C=O) groups excluding carboxylic acids is 1. The minimum absolute atomic E-state index is 0.0251. The van der Waals surface area contributed by atoms with Crippen molar-refractivity contribution >= 4 is 5.91 Å². The molecule has 1 aliphatic carbocycles. The SMILES string of the molecule is CCCCNC(=O)C(C)OCC1(N)CCCCC1. The molecule has 0 aromatic rings. The Morgan fingerprint density at radius 1 is 1.39 bits per heavy atom. The number of ether oxygens (including phenoxy) is 1. The molecule has 3 N–H and O–H groups in total. The summed E-state index contributed by atoms with van der Waals surface area (Å²) >= 11 is 0. The first-order valence-corrected chi connectivity index (χ1v) is 7.25. The first-order valence-electron chi connectivity index (χ1n) is 7.25. The highest BCUT2D eigenvalue weighted by atomic mass is 16.5. The number of carbonyl (C=O) groups is 1. The first-order chi connectivity index (χ1) is 8.57. The standard InChI is InChI=1S/C14H28N2O2/c1-3-4-10-16-13(17)12(2)18-11-14(15)8-6-5-7-9-14/h12H,3-11,15H2,1-2H3,(H,16,17). The van der Waals surface area contributed by atoms with Crippen molar-refractivity contribution in [2.45, 2.75) is 70.4 Å². The molecule has 1 fully saturated rings. The predicted octanol–water partition coefficient (Wildman–Crippen LogP) is 1.97. The van der Waals surface area contributed by atoms with Gasteiger partial charge in [0.1, 0.15) is 6.10 Å². The van der Waals surface area contributed by atoms with Gasteiger partial charge in [-0.3, -0.25) is 4.79 Å². The van der Waals surface area contributed by atoms with Gasteiger partial charge in [-0.15, -0.1) is 0 Å². The Bertz CT molecular complexity index is 250. The summed E-state index contributed by atoms with van der Waals surface area (Å²) < 4.78 is 5.64. The summed E-state index contributed by atoms with van der Waals surface area (Å²) in [5, 5.41) is 2.88. The molecule has 106 valence electrons. The van der Waals surface area contributed by atoms with Gasteiger partial charge in [0, 0.05) is 12.1 Å². The lowest BCUT2D eigenvalue weighted by molar-refractivity contribution is -0.133. The zero-order valence-corrected chi connectivity index (χ0v) is 11.8. The zero-order chi connectivity index (χ0) is 13.4. The van der Waals surface area contributed by atoms with E-state index < -0.39 is 6.10 Å². The van der Waals surface area contributed by atoms with Crippen molar-refractivity contribution in [1.29, 1.82) is 0 Å². The number of rotatable bonds is 7. The lowest BCUT2D eigenvalue weighted by Gasteiger charge is -2.33. The molecular weight excluding hydrogens is 228 g/mol. The molecule has 0 bridgehead atoms. The molecule has 4 nitrogen and oxygen atoms in total. The normalized spacial score (nSPS) is 20.4. The molecule has 0 heterocycles. The quantitative estimate of drug-likeness (QED) is 0.684. The van der Waals surface area contributed by atoms with Gasteiger partial charge >= 0.3 is 0 Å². The Balaban J connectivity index is 2.22. The summed E-state index contributed by atoms with van der Waals surface area (Å²) in [6.07, 6.45) is 7.35. The van der Waals surface area contributed by atoms with Crippen molar-refractivity contribution in [3.05, 3.63) is 0 Å². The molecular formula is C14H28N2O2. The third kappa shape index (κ3) is 5.36. The van der Waals surface area contributed by atoms with E-state index in [1.165, 1.54) is 19.3 Å². The maximum atomic E-state index is 11.7. The van der Waals surface area contributed by atoms with Crippen molar-refractivity contribution in [1.82, 2.24) is 5.32 Å². The fraction of sp³-hybridized carbons (Fsp3) is 0.929. The van der Waals surface area contributed by atoms with Crippen molar-refractivity contribution in [2.75, 3.05) is 13.2 Å². The van der Waals surface area contributed by atoms with E-state index in [1.54, 1.807) is 6.92 Å². The number of nitrogens with two attached hydrogens (primary N) is 1. The van der Waals surface area contributed by atoms with Crippen LogP contribution in [0.3, 0.4) is 0 Å². The van der Waals surface area contributed by atoms with Crippen LogP contribution >= 0.6 is 0 Å². The van der Waals surface area contributed by atoms with Crippen molar-refractivity contribution < 1.29 is 9.53 Å². The molecule has 0 aliphatic heterocycles. The zero-order valence-electron chi connectivity index (χ0n) is 11.8. The topological polar surface area (TPSA) is 64.3 Å². The van der Waals surface area contributed by atoms with E-state index in [9.17, 15) is 4.79 Å². The third-order valence-corrected chi connectivity index (χ3v) is 3.67. The average molecular weight is 256 g/mol. The van der Waals surface area contributed by atoms with Crippen LogP contribution in [0, 0.1) is 0 Å². The molecule has 1 unspecified atom stereocenters. The van der Waals surface area contributed by atoms with Gasteiger partial charge in [0.2, 0.25) is 5.91 Å². The summed E-state index contributed by atoms with van der Waals surface area (Å²) in [6.45, 7) is 5.13. The molecule has 0 aromatic carbocycles. The maximum absolute atomic E-state index is 11.7. The van der Waals surface area contributed by atoms with Crippen LogP contribution in [0.4, 0.5) is 0 Å². The van der Waals surface area contributed by atoms with Crippen LogP contribution in [0.5, 0.6) is 0 Å². The maximum Gasteiger partial charge on any atom is 0.248 e. The van der Waals surface area contributed by atoms with Crippen LogP contribution in [-0.4, -0.2) is 30.7 Å². The lowest BCUT2D eigenvalue weighted by atomic mass is 9.83. The van der Waals surface area contributed by atoms with Gasteiger partial charge in [-0.25, -0.2) is 0 Å². The number of hydrogen-bond acceptors (Lipinski definition) is 3. The van der Waals surface area contributed by atoms with Crippen molar-refractivity contribution in [3.8, 4) is 0 Å². The van der Waals surface area contributed by atoms with Crippen molar-refractivity contribution in [2.24, 2.45) is 5.73 Å². The second kappa shape index (κ2) is 7.74. The molecule has 1 saturated carbocycles. The van der Waals surface area contributed by atoms with Crippen LogP contribution < -0.4 is 11.1 Å². The highest BCUT2D eigenvalue weighted by molar-refractivity contribution is 5.80. The molecule has 18 heavy (non-hydrogen) atoms. The van der Waals surface area contributed by atoms with E-state index in [0.717, 1.165) is 32.2 Å². The molecule has 0 radical (unpaired) electrons. The average Bonchev–Trinajstić information content (AvgIpc) is 2.37. The Labute approximate surface area is 111 Å². The van der Waals surface area contributed by atoms with E-state index in [0.29, 0.717) is 6.61 Å². The first kappa shape index (κ1) is 15.4. The van der Waals surface area contributed by atoms with Gasteiger partial charge in [0.05, 0.1) is 6.61 Å². The molecule has 1 rings (SSSR count). The molecule has 4 heteroatoms. The van der Waals surface area contributed by atoms with E-state index >= 15 is 0 Å². The highest BCUT2D eigenvalue weighted by Gasteiger charge is 2.29. The number of nitrogens with one attached hydrogen (secondary N) is 1. The second-order valence-corrected chi connectivity index (χ2v) is 5.52. The summed E-state index contributed by atoms with van der Waals surface area (Å²) in [5.74, 6) is -0.0251. The highest BCUT2D eigenvalue weighted by Crippen LogP contribution is 2.26. The summed E-state index contributed by atoms with van der Waals surface area (Å²) in [4.78, 5) is 11.7. The lowest BCUT2D eigenvalue weighted by Crippen LogP contribution is -2.48. The smallest absolute Gasteiger partial charge is 0.248 e. The third-order valence-electron chi connectivity index (χ3n) is 3.67. The molecule has 0 spiro atoms. The monoisotopic (exact) mass is 256 g/mol. The fourth-order valence-electron chi connectivity index (χ4n) is 2.30. The van der Waals surface area contributed by atoms with Gasteiger partial charge < -0.3 is 15.8 Å². The summed E-state index contributed by atoms with van der Waals surface area (Å²) in [6, 6.07) is 0. The molecule has 1 atom stereocenters. The minimum Gasteiger partial charge on any atom is -0.367 e. The van der Waals surface area contributed by atoms with Crippen LogP contribution in [-0.2, 0) is 9.53 Å². The predicted molar refractivity (Wildman–Crippen MR) is 73.3 cm³/mol. The largest absolute Gasteiger partial charge is 0.367 e. The van der Waals surface area contributed by atoms with Crippen LogP contribution in [0.1, 0.15) is 58.8 Å². The number of unbranched alkanes of at least 4 members (excludes halogenated alkanes) is 1. The minimum atomic E-state index is -0.399. The van der Waals surface area contributed by atoms with Crippen LogP contribution in [0.25, 0.3) is 0 Å². The number of amides is 1. The van der Waals surface area contributed by atoms with Crippen molar-refractivity contribution in [3.63, 3.8) is 0 Å². The van der Waals surface area contributed by atoms with Gasteiger partial charge in [-0.05, 0) is 26.2 Å². The van der Waals surface area contributed by atoms with E-state index in [1.807, 2.05) is 0 Å². The summed E-state index contributed by atoms with van der Waals surface area (Å²) in [7, 11) is 0. The van der Waals surface area contributed by atoms with E-state index in [4.69, 9.17) is 10.5 Å². The van der Waals surface area contributed by atoms with Gasteiger partial charge in [0.15, 0.2) is 0 Å². The molecule has 1 amide bonds. The number of hydrogen-bond donors (Lipinski definition) is 2. The van der Waals surface area contributed by atoms with Gasteiger partial charge in [-0.1, -0.05) is 32.6 Å². The molecule has 0 aromatic heterocycles. The second-order valence-electron chi connectivity index (χ2n) is 5.52. The van der Waals surface area contributed by atoms with E-state index in [2.05, 4.69) is 12.2 Å². The van der Waals surface area contributed by atoms with Gasteiger partial charge in [-0.2, -0.15) is 0 Å². The van der Waals surface area contributed by atoms with E-state index in [-0.39, 0.29) is 11.4 Å².